The summed E-state index contributed by atoms with van der Waals surface area (Å²) in [6.07, 6.45) is 10.8. The summed E-state index contributed by atoms with van der Waals surface area (Å²) >= 11 is 0. The molecule has 2 N–H and O–H groups in total. The first-order valence-electron chi connectivity index (χ1n) is 10.9. The van der Waals surface area contributed by atoms with Crippen molar-refractivity contribution in [2.75, 3.05) is 31.1 Å². The lowest BCUT2D eigenvalue weighted by Gasteiger charge is -2.34. The van der Waals surface area contributed by atoms with Gasteiger partial charge >= 0.3 is 0 Å². The second kappa shape index (κ2) is 9.03. The topological polar surface area (TPSA) is 74.3 Å². The van der Waals surface area contributed by atoms with Gasteiger partial charge in [0.05, 0.1) is 5.92 Å². The molecule has 4 rings (SSSR count). The van der Waals surface area contributed by atoms with Gasteiger partial charge in [0.2, 0.25) is 11.8 Å². The average molecular weight is 385 g/mol. The van der Waals surface area contributed by atoms with Crippen molar-refractivity contribution in [1.29, 1.82) is 0 Å². The number of aromatic nitrogens is 1. The van der Waals surface area contributed by atoms with Crippen molar-refractivity contribution < 1.29 is 9.59 Å². The summed E-state index contributed by atoms with van der Waals surface area (Å²) in [5, 5.41) is 5.88. The SMILES string of the molecule is O=C1CCC(c2ccc(N3CCC(CCC4CCNCC4)CC3)nc2)C(=O)N1. The first-order valence-corrected chi connectivity index (χ1v) is 10.9. The molecule has 2 amide bonds. The van der Waals surface area contributed by atoms with Gasteiger partial charge < -0.3 is 10.2 Å². The van der Waals surface area contributed by atoms with E-state index < -0.39 is 0 Å². The fourth-order valence-electron chi connectivity index (χ4n) is 4.89. The molecular formula is C22H32N4O2. The van der Waals surface area contributed by atoms with Crippen molar-refractivity contribution in [3.05, 3.63) is 23.9 Å². The molecule has 3 saturated heterocycles. The molecule has 1 aromatic rings. The maximum atomic E-state index is 12.0. The number of carbonyl (C=O) groups is 2. The van der Waals surface area contributed by atoms with Crippen LogP contribution in [0, 0.1) is 11.8 Å². The molecule has 1 atom stereocenters. The number of anilines is 1. The number of imide groups is 1. The van der Waals surface area contributed by atoms with Crippen LogP contribution in [0.15, 0.2) is 18.3 Å². The van der Waals surface area contributed by atoms with Gasteiger partial charge in [0.1, 0.15) is 5.82 Å². The Balaban J connectivity index is 1.25. The van der Waals surface area contributed by atoms with Crippen molar-refractivity contribution in [3.63, 3.8) is 0 Å². The molecule has 1 aromatic heterocycles. The van der Waals surface area contributed by atoms with E-state index in [0.29, 0.717) is 12.8 Å². The Morgan fingerprint density at radius 2 is 1.68 bits per heavy atom. The highest BCUT2D eigenvalue weighted by molar-refractivity contribution is 6.00. The lowest BCUT2D eigenvalue weighted by atomic mass is 9.85. The molecule has 3 fully saturated rings. The van der Waals surface area contributed by atoms with Crippen LogP contribution in [0.4, 0.5) is 5.82 Å². The van der Waals surface area contributed by atoms with Gasteiger partial charge in [0.25, 0.3) is 0 Å². The molecule has 0 bridgehead atoms. The van der Waals surface area contributed by atoms with E-state index in [1.807, 2.05) is 18.3 Å². The molecule has 4 heterocycles. The number of hydrogen-bond donors (Lipinski definition) is 2. The van der Waals surface area contributed by atoms with E-state index in [4.69, 9.17) is 0 Å². The van der Waals surface area contributed by atoms with Crippen LogP contribution in [-0.4, -0.2) is 43.0 Å². The van der Waals surface area contributed by atoms with E-state index in [1.54, 1.807) is 0 Å². The van der Waals surface area contributed by atoms with Gasteiger partial charge in [-0.1, -0.05) is 18.9 Å². The summed E-state index contributed by atoms with van der Waals surface area (Å²) in [5.41, 5.74) is 0.908. The molecule has 0 radical (unpaired) electrons. The average Bonchev–Trinajstić information content (AvgIpc) is 2.74. The van der Waals surface area contributed by atoms with Crippen molar-refractivity contribution in [2.45, 2.75) is 57.3 Å². The fraction of sp³-hybridized carbons (Fsp3) is 0.682. The third-order valence-corrected chi connectivity index (χ3v) is 6.79. The van der Waals surface area contributed by atoms with Gasteiger partial charge in [-0.25, -0.2) is 4.98 Å². The van der Waals surface area contributed by atoms with Gasteiger partial charge in [-0.3, -0.25) is 14.9 Å². The molecule has 152 valence electrons. The number of piperidine rings is 3. The van der Waals surface area contributed by atoms with Gasteiger partial charge in [0, 0.05) is 25.7 Å². The number of carbonyl (C=O) groups excluding carboxylic acids is 2. The fourth-order valence-corrected chi connectivity index (χ4v) is 4.89. The highest BCUT2D eigenvalue weighted by Crippen LogP contribution is 2.30. The summed E-state index contributed by atoms with van der Waals surface area (Å²) in [6, 6.07) is 4.04. The zero-order valence-corrected chi connectivity index (χ0v) is 16.7. The molecule has 28 heavy (non-hydrogen) atoms. The molecule has 6 heteroatoms. The van der Waals surface area contributed by atoms with Gasteiger partial charge in [0.15, 0.2) is 0 Å². The predicted molar refractivity (Wildman–Crippen MR) is 109 cm³/mol. The standard InChI is InChI=1S/C22H32N4O2/c27-21-6-4-19(22(28)25-21)18-3-5-20(24-15-18)26-13-9-17(10-14-26)2-1-16-7-11-23-12-8-16/h3,5,15-17,19,23H,1-2,4,6-14H2,(H,25,27,28). The zero-order chi connectivity index (χ0) is 19.3. The van der Waals surface area contributed by atoms with E-state index in [0.717, 1.165) is 36.3 Å². The molecular weight excluding hydrogens is 352 g/mol. The zero-order valence-electron chi connectivity index (χ0n) is 16.7. The number of nitrogens with zero attached hydrogens (tertiary/aromatic N) is 2. The maximum Gasteiger partial charge on any atom is 0.234 e. The number of hydrogen-bond acceptors (Lipinski definition) is 5. The van der Waals surface area contributed by atoms with Crippen LogP contribution in [0.25, 0.3) is 0 Å². The lowest BCUT2D eigenvalue weighted by Crippen LogP contribution is -2.39. The molecule has 0 saturated carbocycles. The number of nitrogens with one attached hydrogen (secondary N) is 2. The Morgan fingerprint density at radius 3 is 2.32 bits per heavy atom. The maximum absolute atomic E-state index is 12.0. The highest BCUT2D eigenvalue weighted by Gasteiger charge is 2.28. The van der Waals surface area contributed by atoms with E-state index >= 15 is 0 Å². The Hall–Kier alpha value is -1.95. The first kappa shape index (κ1) is 19.4. The normalized spacial score (nSPS) is 25.0. The molecule has 3 aliphatic heterocycles. The first-order chi connectivity index (χ1) is 13.7. The van der Waals surface area contributed by atoms with Gasteiger partial charge in [-0.2, -0.15) is 0 Å². The molecule has 0 aromatic carbocycles. The summed E-state index contributed by atoms with van der Waals surface area (Å²) in [4.78, 5) is 30.3. The van der Waals surface area contributed by atoms with Crippen molar-refractivity contribution in [2.24, 2.45) is 11.8 Å². The second-order valence-electron chi connectivity index (χ2n) is 8.65. The predicted octanol–water partition coefficient (Wildman–Crippen LogP) is 2.60. The van der Waals surface area contributed by atoms with Crippen LogP contribution < -0.4 is 15.5 Å². The van der Waals surface area contributed by atoms with Crippen molar-refractivity contribution in [1.82, 2.24) is 15.6 Å². The van der Waals surface area contributed by atoms with Crippen LogP contribution in [0.1, 0.15) is 62.8 Å². The minimum absolute atomic E-state index is 0.172. The largest absolute Gasteiger partial charge is 0.357 e. The highest BCUT2D eigenvalue weighted by atomic mass is 16.2. The second-order valence-corrected chi connectivity index (χ2v) is 8.65. The van der Waals surface area contributed by atoms with E-state index in [-0.39, 0.29) is 17.7 Å². The van der Waals surface area contributed by atoms with Crippen molar-refractivity contribution in [3.8, 4) is 0 Å². The number of pyridine rings is 1. The Labute approximate surface area is 167 Å². The Kier molecular flexibility index (Phi) is 6.25. The molecule has 1 unspecified atom stereocenters. The van der Waals surface area contributed by atoms with Crippen LogP contribution in [0.2, 0.25) is 0 Å². The Bertz CT molecular complexity index is 676. The number of rotatable bonds is 5. The molecule has 0 spiro atoms. The monoisotopic (exact) mass is 384 g/mol. The molecule has 0 aliphatic carbocycles. The third kappa shape index (κ3) is 4.72. The summed E-state index contributed by atoms with van der Waals surface area (Å²) < 4.78 is 0. The van der Waals surface area contributed by atoms with E-state index in [1.165, 1.54) is 51.6 Å². The van der Waals surface area contributed by atoms with Gasteiger partial charge in [-0.15, -0.1) is 0 Å². The molecule has 3 aliphatic rings. The minimum atomic E-state index is -0.250. The van der Waals surface area contributed by atoms with Crippen LogP contribution >= 0.6 is 0 Å². The third-order valence-electron chi connectivity index (χ3n) is 6.79. The minimum Gasteiger partial charge on any atom is -0.357 e. The van der Waals surface area contributed by atoms with E-state index in [9.17, 15) is 9.59 Å². The summed E-state index contributed by atoms with van der Waals surface area (Å²) in [5.74, 6) is 2.18. The van der Waals surface area contributed by atoms with E-state index in [2.05, 4.69) is 20.5 Å². The van der Waals surface area contributed by atoms with Crippen LogP contribution in [-0.2, 0) is 9.59 Å². The van der Waals surface area contributed by atoms with Gasteiger partial charge in [-0.05, 0) is 68.7 Å². The smallest absolute Gasteiger partial charge is 0.234 e. The Morgan fingerprint density at radius 1 is 0.964 bits per heavy atom. The van der Waals surface area contributed by atoms with Crippen molar-refractivity contribution >= 4 is 17.6 Å². The number of amides is 2. The quantitative estimate of drug-likeness (QED) is 0.764. The summed E-state index contributed by atoms with van der Waals surface area (Å²) in [6.45, 7) is 4.54. The molecule has 6 nitrogen and oxygen atoms in total. The van der Waals surface area contributed by atoms with Crippen LogP contribution in [0.3, 0.4) is 0 Å². The lowest BCUT2D eigenvalue weighted by molar-refractivity contribution is -0.134. The van der Waals surface area contributed by atoms with Crippen LogP contribution in [0.5, 0.6) is 0 Å². The summed E-state index contributed by atoms with van der Waals surface area (Å²) in [7, 11) is 0.